The van der Waals surface area contributed by atoms with Gasteiger partial charge in [0, 0.05) is 18.6 Å². The van der Waals surface area contributed by atoms with Crippen LogP contribution in [0.5, 0.6) is 0 Å². The molecule has 0 saturated heterocycles. The average Bonchev–Trinajstić information content (AvgIpc) is 3.19. The van der Waals surface area contributed by atoms with Crippen LogP contribution in [0.2, 0.25) is 0 Å². The first-order chi connectivity index (χ1) is 12.4. The van der Waals surface area contributed by atoms with Crippen molar-refractivity contribution >= 4 is 5.95 Å². The number of anilines is 1. The Bertz CT molecular complexity index is 934. The lowest BCUT2D eigenvalue weighted by molar-refractivity contribution is -0.159. The van der Waals surface area contributed by atoms with Gasteiger partial charge in [-0.15, -0.1) is 0 Å². The van der Waals surface area contributed by atoms with Crippen LogP contribution in [-0.2, 0) is 11.7 Å². The molecular weight excluding hydrogens is 349 g/mol. The molecule has 1 aliphatic carbocycles. The molecule has 3 heterocycles. The summed E-state index contributed by atoms with van der Waals surface area (Å²) in [5.41, 5.74) is 1.95. The highest BCUT2D eigenvalue weighted by Gasteiger charge is 2.46. The lowest BCUT2D eigenvalue weighted by atomic mass is 10.1. The maximum atomic E-state index is 12.5. The standard InChI is InChI=1S/C16H13F3N6O/c1-9-2-5-20-11(6-9)15(3-4-15)24-14-21-7-10(8-22-14)12-23-13(26-25-12)16(17,18)19/h2,5-8H,3-4H2,1H3,(H,21,22,24). The number of halogens is 3. The van der Waals surface area contributed by atoms with Crippen LogP contribution >= 0.6 is 0 Å². The number of nitrogens with one attached hydrogen (secondary N) is 1. The Morgan fingerprint density at radius 2 is 1.88 bits per heavy atom. The van der Waals surface area contributed by atoms with Crippen molar-refractivity contribution in [2.75, 3.05) is 5.32 Å². The molecule has 3 aromatic rings. The fourth-order valence-corrected chi connectivity index (χ4v) is 2.55. The molecule has 0 spiro atoms. The van der Waals surface area contributed by atoms with E-state index in [2.05, 4.69) is 34.9 Å². The van der Waals surface area contributed by atoms with Gasteiger partial charge in [0.05, 0.1) is 16.8 Å². The molecule has 0 aliphatic heterocycles. The smallest absolute Gasteiger partial charge is 0.343 e. The zero-order chi connectivity index (χ0) is 18.4. The fourth-order valence-electron chi connectivity index (χ4n) is 2.55. The summed E-state index contributed by atoms with van der Waals surface area (Å²) < 4.78 is 41.8. The second kappa shape index (κ2) is 5.75. The summed E-state index contributed by atoms with van der Waals surface area (Å²) in [7, 11) is 0. The van der Waals surface area contributed by atoms with Crippen LogP contribution in [0.15, 0.2) is 35.2 Å². The van der Waals surface area contributed by atoms with Gasteiger partial charge < -0.3 is 9.84 Å². The van der Waals surface area contributed by atoms with Crippen LogP contribution in [-0.4, -0.2) is 25.1 Å². The van der Waals surface area contributed by atoms with Gasteiger partial charge in [0.15, 0.2) is 0 Å². The lowest BCUT2D eigenvalue weighted by Gasteiger charge is -2.17. The molecule has 0 atom stereocenters. The van der Waals surface area contributed by atoms with E-state index in [1.165, 1.54) is 12.4 Å². The maximum absolute atomic E-state index is 12.5. The van der Waals surface area contributed by atoms with Crippen molar-refractivity contribution < 1.29 is 17.7 Å². The molecule has 0 radical (unpaired) electrons. The topological polar surface area (TPSA) is 89.6 Å². The van der Waals surface area contributed by atoms with Gasteiger partial charge in [0.2, 0.25) is 11.8 Å². The monoisotopic (exact) mass is 362 g/mol. The molecule has 0 unspecified atom stereocenters. The van der Waals surface area contributed by atoms with Gasteiger partial charge in [0.1, 0.15) is 0 Å². The minimum atomic E-state index is -4.69. The van der Waals surface area contributed by atoms with Crippen molar-refractivity contribution in [2.45, 2.75) is 31.5 Å². The normalized spacial score (nSPS) is 15.7. The average molecular weight is 362 g/mol. The predicted molar refractivity (Wildman–Crippen MR) is 83.8 cm³/mol. The highest BCUT2D eigenvalue weighted by atomic mass is 19.4. The van der Waals surface area contributed by atoms with E-state index < -0.39 is 12.1 Å². The molecule has 0 amide bonds. The molecule has 1 fully saturated rings. The Morgan fingerprint density at radius 1 is 1.15 bits per heavy atom. The zero-order valence-electron chi connectivity index (χ0n) is 13.6. The predicted octanol–water partition coefficient (Wildman–Crippen LogP) is 3.35. The summed E-state index contributed by atoms with van der Waals surface area (Å²) >= 11 is 0. The SMILES string of the molecule is Cc1ccnc(C2(Nc3ncc(-c4noc(C(F)(F)F)n4)cn3)CC2)c1. The van der Waals surface area contributed by atoms with Crippen LogP contribution in [0, 0.1) is 6.92 Å². The third-order valence-corrected chi connectivity index (χ3v) is 4.09. The van der Waals surface area contributed by atoms with Gasteiger partial charge in [-0.2, -0.15) is 18.2 Å². The lowest BCUT2D eigenvalue weighted by Crippen LogP contribution is -2.21. The Kier molecular flexibility index (Phi) is 3.63. The number of alkyl halides is 3. The number of pyridine rings is 1. The molecule has 0 bridgehead atoms. The minimum absolute atomic E-state index is 0.217. The van der Waals surface area contributed by atoms with Crippen LogP contribution in [0.4, 0.5) is 19.1 Å². The molecular formula is C16H13F3N6O. The van der Waals surface area contributed by atoms with Crippen LogP contribution < -0.4 is 5.32 Å². The number of rotatable bonds is 4. The summed E-state index contributed by atoms with van der Waals surface area (Å²) in [6, 6.07) is 3.93. The summed E-state index contributed by atoms with van der Waals surface area (Å²) in [4.78, 5) is 16.0. The summed E-state index contributed by atoms with van der Waals surface area (Å²) in [5.74, 6) is -1.27. The minimum Gasteiger partial charge on any atom is -0.343 e. The van der Waals surface area contributed by atoms with Gasteiger partial charge in [-0.3, -0.25) is 4.98 Å². The third-order valence-electron chi connectivity index (χ3n) is 4.09. The first-order valence-corrected chi connectivity index (χ1v) is 7.80. The molecule has 1 N–H and O–H groups in total. The van der Waals surface area contributed by atoms with Crippen molar-refractivity contribution in [2.24, 2.45) is 0 Å². The van der Waals surface area contributed by atoms with E-state index in [0.717, 1.165) is 24.1 Å². The second-order valence-corrected chi connectivity index (χ2v) is 6.14. The zero-order valence-corrected chi connectivity index (χ0v) is 13.6. The van der Waals surface area contributed by atoms with E-state index >= 15 is 0 Å². The van der Waals surface area contributed by atoms with Crippen molar-refractivity contribution in [1.82, 2.24) is 25.1 Å². The molecule has 0 aromatic carbocycles. The summed E-state index contributed by atoms with van der Waals surface area (Å²) in [5, 5.41) is 6.56. The third kappa shape index (κ3) is 3.09. The number of nitrogens with zero attached hydrogens (tertiary/aromatic N) is 5. The summed E-state index contributed by atoms with van der Waals surface area (Å²) in [6.45, 7) is 1.99. The van der Waals surface area contributed by atoms with Gasteiger partial charge in [0.25, 0.3) is 0 Å². The van der Waals surface area contributed by atoms with Crippen LogP contribution in [0.1, 0.15) is 30.0 Å². The second-order valence-electron chi connectivity index (χ2n) is 6.14. The van der Waals surface area contributed by atoms with Gasteiger partial charge in [-0.1, -0.05) is 5.16 Å². The van der Waals surface area contributed by atoms with Gasteiger partial charge in [-0.25, -0.2) is 9.97 Å². The van der Waals surface area contributed by atoms with E-state index in [-0.39, 0.29) is 16.9 Å². The van der Waals surface area contributed by atoms with E-state index in [9.17, 15) is 13.2 Å². The van der Waals surface area contributed by atoms with Crippen molar-refractivity contribution in [3.63, 3.8) is 0 Å². The van der Waals surface area contributed by atoms with Crippen molar-refractivity contribution in [3.05, 3.63) is 47.9 Å². The van der Waals surface area contributed by atoms with Crippen LogP contribution in [0.3, 0.4) is 0 Å². The van der Waals surface area contributed by atoms with Crippen LogP contribution in [0.25, 0.3) is 11.4 Å². The Labute approximate surface area is 145 Å². The maximum Gasteiger partial charge on any atom is 0.471 e. The highest BCUT2D eigenvalue weighted by molar-refractivity contribution is 5.53. The molecule has 1 saturated carbocycles. The first kappa shape index (κ1) is 16.4. The fraction of sp³-hybridized carbons (Fsp3) is 0.312. The number of hydrogen-bond donors (Lipinski definition) is 1. The quantitative estimate of drug-likeness (QED) is 0.761. The molecule has 134 valence electrons. The van der Waals surface area contributed by atoms with Crippen molar-refractivity contribution in [1.29, 1.82) is 0 Å². The number of aryl methyl sites for hydroxylation is 1. The molecule has 26 heavy (non-hydrogen) atoms. The van der Waals surface area contributed by atoms with Gasteiger partial charge in [-0.05, 0) is 37.5 Å². The van der Waals surface area contributed by atoms with Gasteiger partial charge >= 0.3 is 12.1 Å². The van der Waals surface area contributed by atoms with E-state index in [1.807, 2.05) is 19.1 Å². The van der Waals surface area contributed by atoms with E-state index in [4.69, 9.17) is 0 Å². The molecule has 4 rings (SSSR count). The summed E-state index contributed by atoms with van der Waals surface area (Å²) in [6.07, 6.45) is 1.56. The largest absolute Gasteiger partial charge is 0.471 e. The van der Waals surface area contributed by atoms with E-state index in [0.29, 0.717) is 5.95 Å². The molecule has 1 aliphatic rings. The Hall–Kier alpha value is -3.04. The van der Waals surface area contributed by atoms with E-state index in [1.54, 1.807) is 6.20 Å². The first-order valence-electron chi connectivity index (χ1n) is 7.80. The number of aromatic nitrogens is 5. The molecule has 7 nitrogen and oxygen atoms in total. The highest BCUT2D eigenvalue weighted by Crippen LogP contribution is 2.47. The Balaban J connectivity index is 1.53. The number of hydrogen-bond acceptors (Lipinski definition) is 7. The van der Waals surface area contributed by atoms with Crippen molar-refractivity contribution in [3.8, 4) is 11.4 Å². The molecule has 3 aromatic heterocycles. The molecule has 10 heteroatoms. The Morgan fingerprint density at radius 3 is 2.46 bits per heavy atom.